The van der Waals surface area contributed by atoms with E-state index < -0.39 is 5.91 Å². The van der Waals surface area contributed by atoms with Gasteiger partial charge in [-0.25, -0.2) is 4.63 Å². The van der Waals surface area contributed by atoms with Crippen molar-refractivity contribution in [1.29, 1.82) is 0 Å². The summed E-state index contributed by atoms with van der Waals surface area (Å²) >= 11 is 0. The van der Waals surface area contributed by atoms with E-state index in [-0.39, 0.29) is 11.5 Å². The molecule has 2 aromatic heterocycles. The molecule has 2 rings (SSSR count). The minimum Gasteiger partial charge on any atom is -0.379 e. The molecule has 0 aromatic carbocycles. The second-order valence-corrected chi connectivity index (χ2v) is 3.95. The van der Waals surface area contributed by atoms with E-state index in [9.17, 15) is 4.79 Å². The maximum atomic E-state index is 11.7. The van der Waals surface area contributed by atoms with E-state index in [0.717, 1.165) is 17.0 Å². The van der Waals surface area contributed by atoms with Gasteiger partial charge in [0.2, 0.25) is 11.5 Å². The van der Waals surface area contributed by atoms with Gasteiger partial charge in [-0.05, 0) is 24.2 Å². The Kier molecular flexibility index (Phi) is 3.00. The zero-order valence-electron chi connectivity index (χ0n) is 10.4. The SMILES string of the molecule is Cc1nn(C)c(C)c1CNC(=O)c1nonc1N. The number of carbonyl (C=O) groups excluding carboxylic acids is 1. The van der Waals surface area contributed by atoms with E-state index in [0.29, 0.717) is 6.54 Å². The number of aromatic nitrogens is 4. The Morgan fingerprint density at radius 3 is 2.67 bits per heavy atom. The molecule has 8 heteroatoms. The quantitative estimate of drug-likeness (QED) is 0.788. The number of nitrogens with two attached hydrogens (primary N) is 1. The van der Waals surface area contributed by atoms with Crippen molar-refractivity contribution in [2.45, 2.75) is 20.4 Å². The molecule has 2 heterocycles. The van der Waals surface area contributed by atoms with Crippen molar-refractivity contribution in [2.24, 2.45) is 7.05 Å². The van der Waals surface area contributed by atoms with E-state index in [1.165, 1.54) is 0 Å². The summed E-state index contributed by atoms with van der Waals surface area (Å²) in [6.45, 7) is 4.19. The van der Waals surface area contributed by atoms with Crippen molar-refractivity contribution >= 4 is 11.7 Å². The molecule has 0 fully saturated rings. The van der Waals surface area contributed by atoms with Crippen LogP contribution in [0.4, 0.5) is 5.82 Å². The number of nitrogens with one attached hydrogen (secondary N) is 1. The summed E-state index contributed by atoms with van der Waals surface area (Å²) in [6, 6.07) is 0. The largest absolute Gasteiger partial charge is 0.379 e. The van der Waals surface area contributed by atoms with E-state index in [1.54, 1.807) is 4.68 Å². The first-order chi connectivity index (χ1) is 8.50. The van der Waals surface area contributed by atoms with Crippen LogP contribution in [0.5, 0.6) is 0 Å². The Morgan fingerprint density at radius 1 is 1.44 bits per heavy atom. The van der Waals surface area contributed by atoms with Gasteiger partial charge in [-0.15, -0.1) is 0 Å². The minimum absolute atomic E-state index is 0.00537. The van der Waals surface area contributed by atoms with Crippen LogP contribution >= 0.6 is 0 Å². The molecule has 0 aliphatic carbocycles. The third kappa shape index (κ3) is 2.04. The van der Waals surface area contributed by atoms with Crippen LogP contribution in [-0.2, 0) is 13.6 Å². The van der Waals surface area contributed by atoms with Gasteiger partial charge in [0.25, 0.3) is 5.91 Å². The standard InChI is InChI=1S/C10H14N6O2/c1-5-7(6(2)16(3)13-5)4-12-10(17)8-9(11)15-18-14-8/h4H2,1-3H3,(H2,11,15)(H,12,17). The number of aryl methyl sites for hydroxylation is 2. The summed E-state index contributed by atoms with van der Waals surface area (Å²) in [7, 11) is 1.85. The third-order valence-corrected chi connectivity index (χ3v) is 2.81. The van der Waals surface area contributed by atoms with Gasteiger partial charge in [-0.1, -0.05) is 0 Å². The summed E-state index contributed by atoms with van der Waals surface area (Å²) < 4.78 is 6.13. The number of anilines is 1. The lowest BCUT2D eigenvalue weighted by atomic mass is 10.2. The van der Waals surface area contributed by atoms with Crippen LogP contribution in [0.15, 0.2) is 4.63 Å². The molecule has 0 aliphatic heterocycles. The zero-order chi connectivity index (χ0) is 13.3. The fourth-order valence-electron chi connectivity index (χ4n) is 1.68. The highest BCUT2D eigenvalue weighted by Gasteiger charge is 2.17. The van der Waals surface area contributed by atoms with Crippen LogP contribution in [0.3, 0.4) is 0 Å². The topological polar surface area (TPSA) is 112 Å². The van der Waals surface area contributed by atoms with E-state index >= 15 is 0 Å². The summed E-state index contributed by atoms with van der Waals surface area (Å²) in [4.78, 5) is 11.7. The van der Waals surface area contributed by atoms with Crippen molar-refractivity contribution in [1.82, 2.24) is 25.4 Å². The maximum absolute atomic E-state index is 11.7. The van der Waals surface area contributed by atoms with Gasteiger partial charge in [0, 0.05) is 24.8 Å². The predicted molar refractivity (Wildman–Crippen MR) is 62.6 cm³/mol. The molecule has 18 heavy (non-hydrogen) atoms. The lowest BCUT2D eigenvalue weighted by Gasteiger charge is -2.03. The van der Waals surface area contributed by atoms with Crippen LogP contribution in [0, 0.1) is 13.8 Å². The first-order valence-corrected chi connectivity index (χ1v) is 5.36. The average Bonchev–Trinajstić information content (AvgIpc) is 2.83. The van der Waals surface area contributed by atoms with Crippen LogP contribution in [0.2, 0.25) is 0 Å². The number of nitrogens with zero attached hydrogens (tertiary/aromatic N) is 4. The highest BCUT2D eigenvalue weighted by atomic mass is 16.6. The molecule has 0 saturated heterocycles. The number of nitrogen functional groups attached to an aromatic ring is 1. The number of hydrogen-bond donors (Lipinski definition) is 2. The van der Waals surface area contributed by atoms with Crippen molar-refractivity contribution in [3.8, 4) is 0 Å². The third-order valence-electron chi connectivity index (χ3n) is 2.81. The van der Waals surface area contributed by atoms with Gasteiger partial charge in [0.15, 0.2) is 0 Å². The second-order valence-electron chi connectivity index (χ2n) is 3.95. The molecule has 0 unspecified atom stereocenters. The van der Waals surface area contributed by atoms with Gasteiger partial charge >= 0.3 is 0 Å². The first-order valence-electron chi connectivity index (χ1n) is 5.36. The normalized spacial score (nSPS) is 10.6. The smallest absolute Gasteiger partial charge is 0.277 e. The Labute approximate surface area is 103 Å². The molecule has 0 atom stereocenters. The highest BCUT2D eigenvalue weighted by Crippen LogP contribution is 2.12. The molecule has 0 radical (unpaired) electrons. The Bertz CT molecular complexity index is 585. The summed E-state index contributed by atoms with van der Waals surface area (Å²) in [6.07, 6.45) is 0. The summed E-state index contributed by atoms with van der Waals surface area (Å²) in [5.74, 6) is -0.441. The van der Waals surface area contributed by atoms with Crippen molar-refractivity contribution < 1.29 is 9.42 Å². The van der Waals surface area contributed by atoms with Gasteiger partial charge in [0.1, 0.15) is 0 Å². The molecule has 0 saturated carbocycles. The number of amides is 1. The molecule has 0 spiro atoms. The van der Waals surface area contributed by atoms with Crippen LogP contribution in [-0.4, -0.2) is 26.0 Å². The predicted octanol–water partition coefficient (Wildman–Crippen LogP) is -0.0679. The van der Waals surface area contributed by atoms with Crippen LogP contribution < -0.4 is 11.1 Å². The van der Waals surface area contributed by atoms with Crippen LogP contribution in [0.1, 0.15) is 27.4 Å². The van der Waals surface area contributed by atoms with Crippen LogP contribution in [0.25, 0.3) is 0 Å². The zero-order valence-corrected chi connectivity index (χ0v) is 10.4. The molecular formula is C10H14N6O2. The summed E-state index contributed by atoms with van der Waals surface area (Å²) in [5, 5.41) is 13.7. The molecule has 96 valence electrons. The molecule has 1 amide bonds. The molecule has 2 aromatic rings. The summed E-state index contributed by atoms with van der Waals surface area (Å²) in [5.41, 5.74) is 8.27. The minimum atomic E-state index is -0.420. The van der Waals surface area contributed by atoms with Crippen molar-refractivity contribution in [3.05, 3.63) is 22.6 Å². The molecule has 0 bridgehead atoms. The van der Waals surface area contributed by atoms with E-state index in [4.69, 9.17) is 5.73 Å². The maximum Gasteiger partial charge on any atom is 0.277 e. The Balaban J connectivity index is 2.09. The van der Waals surface area contributed by atoms with Crippen molar-refractivity contribution in [2.75, 3.05) is 5.73 Å². The average molecular weight is 250 g/mol. The van der Waals surface area contributed by atoms with Gasteiger partial charge in [-0.3, -0.25) is 9.48 Å². The van der Waals surface area contributed by atoms with E-state index in [1.807, 2.05) is 20.9 Å². The van der Waals surface area contributed by atoms with E-state index in [2.05, 4.69) is 25.4 Å². The Hall–Kier alpha value is -2.38. The number of carbonyl (C=O) groups is 1. The lowest BCUT2D eigenvalue weighted by Crippen LogP contribution is -2.24. The Morgan fingerprint density at radius 2 is 2.17 bits per heavy atom. The number of hydrogen-bond acceptors (Lipinski definition) is 6. The highest BCUT2D eigenvalue weighted by molar-refractivity contribution is 5.95. The fourth-order valence-corrected chi connectivity index (χ4v) is 1.68. The van der Waals surface area contributed by atoms with Gasteiger partial charge < -0.3 is 11.1 Å². The molecule has 8 nitrogen and oxygen atoms in total. The van der Waals surface area contributed by atoms with Crippen molar-refractivity contribution in [3.63, 3.8) is 0 Å². The fraction of sp³-hybridized carbons (Fsp3) is 0.400. The van der Waals surface area contributed by atoms with Gasteiger partial charge in [-0.2, -0.15) is 5.10 Å². The molecular weight excluding hydrogens is 236 g/mol. The number of rotatable bonds is 3. The second kappa shape index (κ2) is 4.47. The lowest BCUT2D eigenvalue weighted by molar-refractivity contribution is 0.0941. The first kappa shape index (κ1) is 12.1. The monoisotopic (exact) mass is 250 g/mol. The molecule has 0 aliphatic rings. The molecule has 3 N–H and O–H groups in total. The van der Waals surface area contributed by atoms with Gasteiger partial charge in [0.05, 0.1) is 5.69 Å².